The first kappa shape index (κ1) is 12.8. The predicted molar refractivity (Wildman–Crippen MR) is 75.5 cm³/mol. The van der Waals surface area contributed by atoms with E-state index in [1.54, 1.807) is 23.2 Å². The van der Waals surface area contributed by atoms with E-state index in [4.69, 9.17) is 0 Å². The summed E-state index contributed by atoms with van der Waals surface area (Å²) in [5.74, 6) is 0.409. The summed E-state index contributed by atoms with van der Waals surface area (Å²) < 4.78 is 0. The number of carbonyl (C=O) groups is 1. The monoisotopic (exact) mass is 260 g/mol. The topological polar surface area (TPSA) is 33.2 Å². The molecule has 2 aromatic rings. The molecule has 0 N–H and O–H groups in total. The number of benzene rings is 1. The molecule has 0 aliphatic carbocycles. The molecule has 0 spiro atoms. The first-order valence-electron chi connectivity index (χ1n) is 5.91. The highest BCUT2D eigenvalue weighted by Gasteiger charge is 2.18. The standard InChI is InChI=1S/C14H16N2OS/c1-10(2)13-9-15-14(18-13)16(11(3)17)12-7-5-4-6-8-12/h4-10H,1-3H3. The molecule has 1 heterocycles. The maximum atomic E-state index is 11.8. The van der Waals surface area contributed by atoms with Gasteiger partial charge in [-0.25, -0.2) is 4.98 Å². The normalized spacial score (nSPS) is 10.7. The molecule has 0 saturated carbocycles. The third kappa shape index (κ3) is 2.59. The number of amides is 1. The van der Waals surface area contributed by atoms with Crippen molar-refractivity contribution in [3.63, 3.8) is 0 Å². The third-order valence-electron chi connectivity index (χ3n) is 2.60. The highest BCUT2D eigenvalue weighted by molar-refractivity contribution is 7.15. The molecule has 0 aliphatic heterocycles. The van der Waals surface area contributed by atoms with Crippen molar-refractivity contribution in [2.45, 2.75) is 26.7 Å². The third-order valence-corrected chi connectivity index (χ3v) is 3.88. The average Bonchev–Trinajstić information content (AvgIpc) is 2.79. The van der Waals surface area contributed by atoms with Gasteiger partial charge in [0.2, 0.25) is 5.91 Å². The molecule has 3 nitrogen and oxygen atoms in total. The van der Waals surface area contributed by atoms with Crippen molar-refractivity contribution in [2.75, 3.05) is 4.90 Å². The van der Waals surface area contributed by atoms with Crippen LogP contribution in [-0.4, -0.2) is 10.9 Å². The summed E-state index contributed by atoms with van der Waals surface area (Å²) in [7, 11) is 0. The van der Waals surface area contributed by atoms with Crippen molar-refractivity contribution < 1.29 is 4.79 Å². The van der Waals surface area contributed by atoms with Crippen LogP contribution < -0.4 is 4.90 Å². The first-order valence-corrected chi connectivity index (χ1v) is 6.72. The van der Waals surface area contributed by atoms with Crippen molar-refractivity contribution in [1.29, 1.82) is 0 Å². The number of para-hydroxylation sites is 1. The molecule has 1 amide bonds. The maximum absolute atomic E-state index is 11.8. The van der Waals surface area contributed by atoms with Crippen LogP contribution in [-0.2, 0) is 4.79 Å². The number of nitrogens with zero attached hydrogens (tertiary/aromatic N) is 2. The van der Waals surface area contributed by atoms with Gasteiger partial charge in [0.25, 0.3) is 0 Å². The van der Waals surface area contributed by atoms with Crippen molar-refractivity contribution >= 4 is 28.1 Å². The first-order chi connectivity index (χ1) is 8.59. The second-order valence-corrected chi connectivity index (χ2v) is 5.43. The molecule has 2 rings (SSSR count). The van der Waals surface area contributed by atoms with Gasteiger partial charge in [-0.15, -0.1) is 11.3 Å². The van der Waals surface area contributed by atoms with Crippen LogP contribution in [0.15, 0.2) is 36.5 Å². The summed E-state index contributed by atoms with van der Waals surface area (Å²) in [6, 6.07) is 9.60. The quantitative estimate of drug-likeness (QED) is 0.837. The van der Waals surface area contributed by atoms with Crippen LogP contribution in [0.25, 0.3) is 0 Å². The van der Waals surface area contributed by atoms with Gasteiger partial charge >= 0.3 is 0 Å². The molecule has 0 radical (unpaired) electrons. The van der Waals surface area contributed by atoms with Gasteiger partial charge in [-0.3, -0.25) is 9.69 Å². The van der Waals surface area contributed by atoms with Crippen LogP contribution in [0.5, 0.6) is 0 Å². The van der Waals surface area contributed by atoms with Crippen LogP contribution in [0.2, 0.25) is 0 Å². The zero-order valence-corrected chi connectivity index (χ0v) is 11.6. The number of hydrogen-bond donors (Lipinski definition) is 0. The Kier molecular flexibility index (Phi) is 3.77. The fraction of sp³-hybridized carbons (Fsp3) is 0.286. The molecule has 0 fully saturated rings. The minimum absolute atomic E-state index is 0.0224. The van der Waals surface area contributed by atoms with Crippen molar-refractivity contribution in [3.8, 4) is 0 Å². The van der Waals surface area contributed by atoms with Crippen LogP contribution in [0.4, 0.5) is 10.8 Å². The minimum atomic E-state index is -0.0224. The Morgan fingerprint density at radius 2 is 1.94 bits per heavy atom. The Bertz CT molecular complexity index is 534. The largest absolute Gasteiger partial charge is 0.274 e. The van der Waals surface area contributed by atoms with Gasteiger partial charge in [0.1, 0.15) is 0 Å². The van der Waals surface area contributed by atoms with Crippen LogP contribution in [0.3, 0.4) is 0 Å². The number of aromatic nitrogens is 1. The lowest BCUT2D eigenvalue weighted by Gasteiger charge is -2.17. The van der Waals surface area contributed by atoms with Gasteiger partial charge in [-0.2, -0.15) is 0 Å². The Hall–Kier alpha value is -1.68. The Balaban J connectivity index is 2.39. The Morgan fingerprint density at radius 3 is 2.44 bits per heavy atom. The van der Waals surface area contributed by atoms with E-state index in [2.05, 4.69) is 18.8 Å². The molecule has 0 bridgehead atoms. The number of carbonyl (C=O) groups excluding carboxylic acids is 1. The molecule has 0 aliphatic rings. The van der Waals surface area contributed by atoms with E-state index < -0.39 is 0 Å². The zero-order chi connectivity index (χ0) is 13.1. The molecule has 1 aromatic heterocycles. The van der Waals surface area contributed by atoms with Crippen LogP contribution in [0, 0.1) is 0 Å². The fourth-order valence-corrected chi connectivity index (χ4v) is 2.63. The van der Waals surface area contributed by atoms with E-state index >= 15 is 0 Å². The molecule has 0 atom stereocenters. The fourth-order valence-electron chi connectivity index (χ4n) is 1.65. The van der Waals surface area contributed by atoms with E-state index in [1.165, 1.54) is 4.88 Å². The van der Waals surface area contributed by atoms with Crippen molar-refractivity contribution in [2.24, 2.45) is 0 Å². The van der Waals surface area contributed by atoms with Gasteiger partial charge in [0, 0.05) is 18.0 Å². The molecule has 18 heavy (non-hydrogen) atoms. The highest BCUT2D eigenvalue weighted by Crippen LogP contribution is 2.32. The lowest BCUT2D eigenvalue weighted by molar-refractivity contribution is -0.115. The van der Waals surface area contributed by atoms with E-state index in [0.29, 0.717) is 5.92 Å². The summed E-state index contributed by atoms with van der Waals surface area (Å²) in [6.45, 7) is 5.80. The molecule has 1 aromatic carbocycles. The molecule has 0 saturated heterocycles. The van der Waals surface area contributed by atoms with Gasteiger partial charge in [-0.1, -0.05) is 32.0 Å². The maximum Gasteiger partial charge on any atom is 0.230 e. The molecule has 4 heteroatoms. The van der Waals surface area contributed by atoms with Gasteiger partial charge in [0.15, 0.2) is 5.13 Å². The number of thiazole rings is 1. The highest BCUT2D eigenvalue weighted by atomic mass is 32.1. The number of rotatable bonds is 3. The average molecular weight is 260 g/mol. The smallest absolute Gasteiger partial charge is 0.230 e. The summed E-state index contributed by atoms with van der Waals surface area (Å²) in [5, 5.41) is 0.734. The Labute approximate surface area is 111 Å². The number of anilines is 2. The summed E-state index contributed by atoms with van der Waals surface area (Å²) in [5.41, 5.74) is 0.856. The Morgan fingerprint density at radius 1 is 1.28 bits per heavy atom. The lowest BCUT2D eigenvalue weighted by atomic mass is 10.2. The predicted octanol–water partition coefficient (Wildman–Crippen LogP) is 3.95. The van der Waals surface area contributed by atoms with E-state index in [0.717, 1.165) is 10.8 Å². The van der Waals surface area contributed by atoms with E-state index in [-0.39, 0.29) is 5.91 Å². The second kappa shape index (κ2) is 5.31. The van der Waals surface area contributed by atoms with Gasteiger partial charge < -0.3 is 0 Å². The van der Waals surface area contributed by atoms with Crippen LogP contribution in [0.1, 0.15) is 31.6 Å². The number of hydrogen-bond acceptors (Lipinski definition) is 3. The van der Waals surface area contributed by atoms with E-state index in [1.807, 2.05) is 36.5 Å². The summed E-state index contributed by atoms with van der Waals surface area (Å²) in [4.78, 5) is 19.0. The molecule has 94 valence electrons. The molecular weight excluding hydrogens is 244 g/mol. The van der Waals surface area contributed by atoms with Crippen LogP contribution >= 0.6 is 11.3 Å². The van der Waals surface area contributed by atoms with Gasteiger partial charge in [-0.05, 0) is 18.1 Å². The second-order valence-electron chi connectivity index (χ2n) is 4.39. The molecule has 0 unspecified atom stereocenters. The minimum Gasteiger partial charge on any atom is -0.274 e. The lowest BCUT2D eigenvalue weighted by Crippen LogP contribution is -2.22. The summed E-state index contributed by atoms with van der Waals surface area (Å²) >= 11 is 1.57. The van der Waals surface area contributed by atoms with Crippen molar-refractivity contribution in [3.05, 3.63) is 41.4 Å². The van der Waals surface area contributed by atoms with Gasteiger partial charge in [0.05, 0.1) is 5.69 Å². The zero-order valence-electron chi connectivity index (χ0n) is 10.8. The molecular formula is C14H16N2OS. The summed E-state index contributed by atoms with van der Waals surface area (Å²) in [6.07, 6.45) is 1.85. The van der Waals surface area contributed by atoms with E-state index in [9.17, 15) is 4.79 Å². The SMILES string of the molecule is CC(=O)N(c1ccccc1)c1ncc(C(C)C)s1. The van der Waals surface area contributed by atoms with Crippen molar-refractivity contribution in [1.82, 2.24) is 4.98 Å².